The average Bonchev–Trinajstić information content (AvgIpc) is 3.06. The lowest BCUT2D eigenvalue weighted by Crippen LogP contribution is -2.63. The Labute approximate surface area is 323 Å². The molecule has 8 atom stereocenters. The molecule has 0 aromatic heterocycles. The molecule has 2 aliphatic rings. The molecule has 0 unspecified atom stereocenters. The van der Waals surface area contributed by atoms with Gasteiger partial charge in [0.15, 0.2) is 12.2 Å². The zero-order valence-electron chi connectivity index (χ0n) is 35.1. The molecule has 0 N–H and O–H groups in total. The SMILES string of the molecule is CC(=O)OC[C@H]1O[C@@H](Oc2c(C)c(C)c3c(c2C)CC[C@](C)(CCC[C@@H](C)CCC[C@@H](C)CCCC(C)C)O3)[C@H](OC(C)=O)[C@@H](OC(C)=O)[C@H]1OC(C)=O. The largest absolute Gasteiger partial charge is 0.487 e. The van der Waals surface area contributed by atoms with Gasteiger partial charge >= 0.3 is 23.9 Å². The molecule has 11 nitrogen and oxygen atoms in total. The molecule has 1 aromatic carbocycles. The predicted octanol–water partition coefficient (Wildman–Crippen LogP) is 8.60. The van der Waals surface area contributed by atoms with Crippen molar-refractivity contribution in [2.75, 3.05) is 6.61 Å². The molecule has 0 bridgehead atoms. The Hall–Kier alpha value is -3.34. The zero-order valence-corrected chi connectivity index (χ0v) is 35.1. The van der Waals surface area contributed by atoms with Crippen LogP contribution in [0.4, 0.5) is 0 Å². The van der Waals surface area contributed by atoms with Crippen molar-refractivity contribution in [3.8, 4) is 11.5 Å². The topological polar surface area (TPSA) is 133 Å². The zero-order chi connectivity index (χ0) is 40.3. The molecule has 1 fully saturated rings. The van der Waals surface area contributed by atoms with E-state index in [1.54, 1.807) is 0 Å². The molecule has 0 saturated carbocycles. The second kappa shape index (κ2) is 20.5. The van der Waals surface area contributed by atoms with Crippen molar-refractivity contribution in [1.29, 1.82) is 0 Å². The third kappa shape index (κ3) is 13.2. The first-order valence-electron chi connectivity index (χ1n) is 20.1. The quantitative estimate of drug-likeness (QED) is 0.0992. The van der Waals surface area contributed by atoms with Crippen LogP contribution in [-0.4, -0.2) is 66.8 Å². The van der Waals surface area contributed by atoms with Crippen LogP contribution in [-0.2, 0) is 49.3 Å². The van der Waals surface area contributed by atoms with Gasteiger partial charge in [-0.2, -0.15) is 0 Å². The highest BCUT2D eigenvalue weighted by atomic mass is 16.7. The lowest BCUT2D eigenvalue weighted by atomic mass is 9.83. The summed E-state index contributed by atoms with van der Waals surface area (Å²) in [5.74, 6) is 0.997. The van der Waals surface area contributed by atoms with Gasteiger partial charge < -0.3 is 33.2 Å². The van der Waals surface area contributed by atoms with E-state index in [0.29, 0.717) is 11.7 Å². The van der Waals surface area contributed by atoms with Gasteiger partial charge in [0.25, 0.3) is 0 Å². The molecule has 0 radical (unpaired) electrons. The number of rotatable bonds is 19. The van der Waals surface area contributed by atoms with Gasteiger partial charge in [0, 0.05) is 33.3 Å². The monoisotopic (exact) mass is 760 g/mol. The lowest BCUT2D eigenvalue weighted by Gasteiger charge is -2.44. The summed E-state index contributed by atoms with van der Waals surface area (Å²) < 4.78 is 41.7. The van der Waals surface area contributed by atoms with E-state index in [1.165, 1.54) is 72.6 Å². The fraction of sp³-hybridized carbons (Fsp3) is 0.767. The van der Waals surface area contributed by atoms with Gasteiger partial charge in [-0.05, 0) is 87.8 Å². The predicted molar refractivity (Wildman–Crippen MR) is 205 cm³/mol. The molecule has 0 aliphatic carbocycles. The average molecular weight is 761 g/mol. The van der Waals surface area contributed by atoms with E-state index in [2.05, 4.69) is 34.6 Å². The minimum Gasteiger partial charge on any atom is -0.487 e. The van der Waals surface area contributed by atoms with Crippen molar-refractivity contribution in [2.45, 2.75) is 190 Å². The normalized spacial score (nSPS) is 24.8. The molecule has 0 spiro atoms. The fourth-order valence-corrected chi connectivity index (χ4v) is 7.84. The Balaban J connectivity index is 1.77. The molecular formula is C43H68O11. The maximum Gasteiger partial charge on any atom is 0.303 e. The highest BCUT2D eigenvalue weighted by Gasteiger charge is 2.53. The number of carbonyl (C=O) groups is 4. The second-order valence-corrected chi connectivity index (χ2v) is 16.6. The van der Waals surface area contributed by atoms with Crippen molar-refractivity contribution in [1.82, 2.24) is 0 Å². The number of fused-ring (bicyclic) bond motifs is 1. The Morgan fingerprint density at radius 3 is 1.80 bits per heavy atom. The van der Waals surface area contributed by atoms with Crippen LogP contribution in [0.25, 0.3) is 0 Å². The summed E-state index contributed by atoms with van der Waals surface area (Å²) >= 11 is 0. The summed E-state index contributed by atoms with van der Waals surface area (Å²) in [5, 5.41) is 0. The molecule has 11 heteroatoms. The van der Waals surface area contributed by atoms with Gasteiger partial charge in [0.2, 0.25) is 12.4 Å². The van der Waals surface area contributed by atoms with Gasteiger partial charge in [0.1, 0.15) is 29.8 Å². The third-order valence-electron chi connectivity index (χ3n) is 11.0. The van der Waals surface area contributed by atoms with Crippen molar-refractivity contribution >= 4 is 23.9 Å². The summed E-state index contributed by atoms with van der Waals surface area (Å²) in [4.78, 5) is 48.6. The maximum atomic E-state index is 12.4. The maximum absolute atomic E-state index is 12.4. The highest BCUT2D eigenvalue weighted by molar-refractivity contribution is 5.69. The smallest absolute Gasteiger partial charge is 0.303 e. The minimum absolute atomic E-state index is 0.288. The fourth-order valence-electron chi connectivity index (χ4n) is 7.84. The number of esters is 4. The van der Waals surface area contributed by atoms with Gasteiger partial charge in [-0.1, -0.05) is 72.6 Å². The number of carbonyl (C=O) groups excluding carboxylic acids is 4. The molecule has 0 amide bonds. The Morgan fingerprint density at radius 2 is 1.24 bits per heavy atom. The Bertz CT molecular complexity index is 1440. The number of hydrogen-bond donors (Lipinski definition) is 0. The molecule has 54 heavy (non-hydrogen) atoms. The van der Waals surface area contributed by atoms with Crippen LogP contribution in [0.3, 0.4) is 0 Å². The van der Waals surface area contributed by atoms with E-state index in [9.17, 15) is 19.2 Å². The summed E-state index contributed by atoms with van der Waals surface area (Å²) in [7, 11) is 0. The van der Waals surface area contributed by atoms with E-state index in [4.69, 9.17) is 33.2 Å². The molecule has 1 saturated heterocycles. The van der Waals surface area contributed by atoms with Crippen molar-refractivity contribution in [3.63, 3.8) is 0 Å². The van der Waals surface area contributed by atoms with Gasteiger partial charge in [-0.3, -0.25) is 19.2 Å². The first kappa shape index (κ1) is 45.1. The van der Waals surface area contributed by atoms with E-state index in [0.717, 1.165) is 65.5 Å². The van der Waals surface area contributed by atoms with E-state index in [-0.39, 0.29) is 12.2 Å². The third-order valence-corrected chi connectivity index (χ3v) is 11.0. The van der Waals surface area contributed by atoms with E-state index < -0.39 is 54.6 Å². The van der Waals surface area contributed by atoms with Crippen LogP contribution in [0.15, 0.2) is 0 Å². The number of benzene rings is 1. The molecule has 306 valence electrons. The molecule has 3 rings (SSSR count). The lowest BCUT2D eigenvalue weighted by molar-refractivity contribution is -0.288. The highest BCUT2D eigenvalue weighted by Crippen LogP contribution is 2.46. The molecular weight excluding hydrogens is 692 g/mol. The van der Waals surface area contributed by atoms with Crippen LogP contribution in [0.1, 0.15) is 149 Å². The molecule has 2 aliphatic heterocycles. The number of ether oxygens (including phenoxy) is 7. The minimum atomic E-state index is -1.32. The van der Waals surface area contributed by atoms with Gasteiger partial charge in [0.05, 0.1) is 0 Å². The molecule has 1 aromatic rings. The van der Waals surface area contributed by atoms with Crippen LogP contribution >= 0.6 is 0 Å². The Morgan fingerprint density at radius 1 is 0.704 bits per heavy atom. The molecule has 2 heterocycles. The first-order chi connectivity index (χ1) is 25.3. The summed E-state index contributed by atoms with van der Waals surface area (Å²) in [6.07, 6.45) is 6.49. The van der Waals surface area contributed by atoms with Crippen LogP contribution < -0.4 is 9.47 Å². The first-order valence-corrected chi connectivity index (χ1v) is 20.1. The standard InChI is InChI=1S/C43H68O11/c1-25(2)16-13-17-26(3)18-14-19-27(4)20-15-22-43(12)23-21-35-30(7)37(28(5)29(6)38(35)54-43)53-42-41(51-34(11)47)40(50-33(10)46)39(49-32(9)45)36(52-42)24-48-31(8)44/h25-27,36,39-42H,13-24H2,1-12H3/t26-,27-,36+,39-,40-,41+,42-,43-/m0/s1. The van der Waals surface area contributed by atoms with Crippen molar-refractivity contribution in [3.05, 3.63) is 22.3 Å². The van der Waals surface area contributed by atoms with Crippen molar-refractivity contribution in [2.24, 2.45) is 17.8 Å². The van der Waals surface area contributed by atoms with Gasteiger partial charge in [-0.15, -0.1) is 0 Å². The number of hydrogen-bond acceptors (Lipinski definition) is 11. The van der Waals surface area contributed by atoms with Crippen molar-refractivity contribution < 1.29 is 52.3 Å². The van der Waals surface area contributed by atoms with Crippen LogP contribution in [0, 0.1) is 38.5 Å². The van der Waals surface area contributed by atoms with E-state index in [1.807, 2.05) is 20.8 Å². The van der Waals surface area contributed by atoms with E-state index >= 15 is 0 Å². The van der Waals surface area contributed by atoms with Crippen LogP contribution in [0.5, 0.6) is 11.5 Å². The second-order valence-electron chi connectivity index (χ2n) is 16.6. The van der Waals surface area contributed by atoms with Gasteiger partial charge in [-0.25, -0.2) is 0 Å². The summed E-state index contributed by atoms with van der Waals surface area (Å²) in [5.41, 5.74) is 3.35. The Kier molecular flexibility index (Phi) is 17.1. The summed E-state index contributed by atoms with van der Waals surface area (Å²) in [6, 6.07) is 0. The summed E-state index contributed by atoms with van der Waals surface area (Å²) in [6.45, 7) is 22.0. The van der Waals surface area contributed by atoms with Crippen LogP contribution in [0.2, 0.25) is 0 Å².